The number of benzene rings is 1. The summed E-state index contributed by atoms with van der Waals surface area (Å²) in [6.07, 6.45) is 5.11. The number of fused-ring (bicyclic) bond motifs is 3. The van der Waals surface area contributed by atoms with Crippen molar-refractivity contribution in [1.82, 2.24) is 4.98 Å². The summed E-state index contributed by atoms with van der Waals surface area (Å²) in [5.74, 6) is 0. The molecule has 1 aliphatic heterocycles. The number of hydrogen-bond acceptors (Lipinski definition) is 3. The highest BCUT2D eigenvalue weighted by Gasteiger charge is 2.25. The van der Waals surface area contributed by atoms with Crippen molar-refractivity contribution < 1.29 is 13.0 Å². The molecule has 6 heteroatoms. The van der Waals surface area contributed by atoms with Gasteiger partial charge in [-0.25, -0.2) is 4.31 Å². The molecule has 0 saturated heterocycles. The molecule has 1 aromatic heterocycles. The van der Waals surface area contributed by atoms with E-state index in [9.17, 15) is 13.0 Å². The molecule has 0 atom stereocenters. The molecule has 0 spiro atoms. The lowest BCUT2D eigenvalue weighted by atomic mass is 10.1. The van der Waals surface area contributed by atoms with Gasteiger partial charge in [-0.15, -0.1) is 0 Å². The number of aromatic nitrogens is 1. The van der Waals surface area contributed by atoms with Crippen molar-refractivity contribution in [3.8, 4) is 0 Å². The third kappa shape index (κ3) is 1.66. The molecular weight excluding hydrogens is 252 g/mol. The van der Waals surface area contributed by atoms with E-state index in [1.54, 1.807) is 18.3 Å². The summed E-state index contributed by atoms with van der Waals surface area (Å²) >= 11 is 0. The number of nitrogens with zero attached hydrogens (tertiary/aromatic N) is 2. The first-order chi connectivity index (χ1) is 8.57. The Kier molecular flexibility index (Phi) is 2.36. The van der Waals surface area contributed by atoms with Crippen molar-refractivity contribution >= 4 is 33.0 Å². The van der Waals surface area contributed by atoms with E-state index in [1.807, 2.05) is 24.3 Å². The predicted molar refractivity (Wildman–Crippen MR) is 69.7 cm³/mol. The van der Waals surface area contributed by atoms with Gasteiger partial charge in [-0.2, -0.15) is 8.42 Å². The largest absolute Gasteiger partial charge is 0.360 e. The quantitative estimate of drug-likeness (QED) is 0.796. The predicted octanol–water partition coefficient (Wildman–Crippen LogP) is 1.87. The van der Waals surface area contributed by atoms with E-state index < -0.39 is 10.3 Å². The number of rotatable bonds is 1. The molecule has 2 heterocycles. The fourth-order valence-electron chi connectivity index (χ4n) is 2.12. The van der Waals surface area contributed by atoms with Gasteiger partial charge in [0.2, 0.25) is 0 Å². The van der Waals surface area contributed by atoms with Crippen LogP contribution in [0.2, 0.25) is 0 Å². The SMILES string of the molecule is O=S(=O)(O)N1CC=Cc2ccc3cccnc3c21. The van der Waals surface area contributed by atoms with Crippen LogP contribution >= 0.6 is 0 Å². The Morgan fingerprint density at radius 1 is 1.28 bits per heavy atom. The summed E-state index contributed by atoms with van der Waals surface area (Å²) < 4.78 is 33.1. The van der Waals surface area contributed by atoms with Gasteiger partial charge in [0.1, 0.15) is 0 Å². The maximum Gasteiger partial charge on any atom is 0.360 e. The lowest BCUT2D eigenvalue weighted by Gasteiger charge is -2.25. The first-order valence-corrected chi connectivity index (χ1v) is 6.76. The van der Waals surface area contributed by atoms with E-state index >= 15 is 0 Å². The van der Waals surface area contributed by atoms with Crippen LogP contribution in [0.3, 0.4) is 0 Å². The molecule has 0 unspecified atom stereocenters. The van der Waals surface area contributed by atoms with Crippen LogP contribution in [0.5, 0.6) is 0 Å². The van der Waals surface area contributed by atoms with E-state index in [2.05, 4.69) is 4.98 Å². The highest BCUT2D eigenvalue weighted by atomic mass is 32.2. The van der Waals surface area contributed by atoms with Gasteiger partial charge in [-0.3, -0.25) is 9.54 Å². The Labute approximate surface area is 104 Å². The molecule has 2 aromatic rings. The molecule has 0 fully saturated rings. The van der Waals surface area contributed by atoms with Crippen molar-refractivity contribution in [3.63, 3.8) is 0 Å². The third-order valence-corrected chi connectivity index (χ3v) is 3.76. The summed E-state index contributed by atoms with van der Waals surface area (Å²) in [5, 5.41) is 0.834. The zero-order valence-corrected chi connectivity index (χ0v) is 10.1. The van der Waals surface area contributed by atoms with Crippen molar-refractivity contribution in [2.24, 2.45) is 0 Å². The molecule has 1 aliphatic rings. The van der Waals surface area contributed by atoms with Crippen LogP contribution in [0.25, 0.3) is 17.0 Å². The van der Waals surface area contributed by atoms with E-state index in [0.717, 1.165) is 15.3 Å². The van der Waals surface area contributed by atoms with E-state index in [0.29, 0.717) is 11.2 Å². The zero-order chi connectivity index (χ0) is 12.8. The fourth-order valence-corrected chi connectivity index (χ4v) is 2.82. The number of pyridine rings is 1. The fraction of sp³-hybridized carbons (Fsp3) is 0.0833. The number of anilines is 1. The molecule has 0 saturated carbocycles. The standard InChI is InChI=1S/C12H10N2O3S/c15-18(16,17)14-8-2-4-10-6-5-9-3-1-7-13-11(9)12(10)14/h1-7H,8H2,(H,15,16,17). The summed E-state index contributed by atoms with van der Waals surface area (Å²) in [6.45, 7) is 0.113. The molecule has 0 bridgehead atoms. The van der Waals surface area contributed by atoms with Crippen molar-refractivity contribution in [2.45, 2.75) is 0 Å². The van der Waals surface area contributed by atoms with Crippen LogP contribution in [-0.2, 0) is 10.3 Å². The smallest absolute Gasteiger partial charge is 0.269 e. The molecular formula is C12H10N2O3S. The van der Waals surface area contributed by atoms with Crippen molar-refractivity contribution in [1.29, 1.82) is 0 Å². The maximum absolute atomic E-state index is 11.4. The van der Waals surface area contributed by atoms with Crippen LogP contribution in [0.4, 0.5) is 5.69 Å². The van der Waals surface area contributed by atoms with Crippen molar-refractivity contribution in [2.75, 3.05) is 10.8 Å². The lowest BCUT2D eigenvalue weighted by molar-refractivity contribution is 0.479. The zero-order valence-electron chi connectivity index (χ0n) is 9.31. The summed E-state index contributed by atoms with van der Waals surface area (Å²) in [7, 11) is -4.29. The minimum atomic E-state index is -4.29. The molecule has 3 rings (SSSR count). The highest BCUT2D eigenvalue weighted by Crippen LogP contribution is 2.34. The van der Waals surface area contributed by atoms with Crippen LogP contribution < -0.4 is 4.31 Å². The van der Waals surface area contributed by atoms with Gasteiger partial charge in [-0.1, -0.05) is 30.4 Å². The Morgan fingerprint density at radius 2 is 2.11 bits per heavy atom. The van der Waals surface area contributed by atoms with E-state index in [4.69, 9.17) is 0 Å². The first-order valence-electron chi connectivity index (χ1n) is 5.37. The second-order valence-electron chi connectivity index (χ2n) is 3.99. The van der Waals surface area contributed by atoms with Gasteiger partial charge in [0.05, 0.1) is 17.7 Å². The molecule has 92 valence electrons. The topological polar surface area (TPSA) is 70.5 Å². The van der Waals surface area contributed by atoms with Crippen LogP contribution in [-0.4, -0.2) is 24.5 Å². The molecule has 1 N–H and O–H groups in total. The Balaban J connectivity index is 2.39. The Hall–Kier alpha value is -1.92. The molecule has 5 nitrogen and oxygen atoms in total. The average molecular weight is 262 g/mol. The monoisotopic (exact) mass is 262 g/mol. The van der Waals surface area contributed by atoms with E-state index in [1.165, 1.54) is 0 Å². The van der Waals surface area contributed by atoms with Crippen LogP contribution in [0.15, 0.2) is 36.5 Å². The third-order valence-electron chi connectivity index (χ3n) is 2.88. The lowest BCUT2D eigenvalue weighted by Crippen LogP contribution is -2.32. The van der Waals surface area contributed by atoms with Gasteiger partial charge in [-0.05, 0) is 6.07 Å². The molecule has 0 radical (unpaired) electrons. The normalized spacial score (nSPS) is 14.8. The van der Waals surface area contributed by atoms with Gasteiger partial charge >= 0.3 is 10.3 Å². The first kappa shape index (κ1) is 11.2. The maximum atomic E-state index is 11.4. The van der Waals surface area contributed by atoms with Gasteiger partial charge in [0.15, 0.2) is 0 Å². The number of hydrogen-bond donors (Lipinski definition) is 1. The molecule has 1 aromatic carbocycles. The minimum absolute atomic E-state index is 0.113. The average Bonchev–Trinajstić information content (AvgIpc) is 2.36. The Morgan fingerprint density at radius 3 is 2.89 bits per heavy atom. The second kappa shape index (κ2) is 3.79. The van der Waals surface area contributed by atoms with Gasteiger partial charge in [0, 0.05) is 17.1 Å². The highest BCUT2D eigenvalue weighted by molar-refractivity contribution is 7.87. The summed E-state index contributed by atoms with van der Waals surface area (Å²) in [6, 6.07) is 7.32. The summed E-state index contributed by atoms with van der Waals surface area (Å²) in [5.41, 5.74) is 1.72. The minimum Gasteiger partial charge on any atom is -0.269 e. The molecule has 0 amide bonds. The van der Waals surface area contributed by atoms with Crippen LogP contribution in [0, 0.1) is 0 Å². The van der Waals surface area contributed by atoms with Crippen LogP contribution in [0.1, 0.15) is 5.56 Å². The summed E-state index contributed by atoms with van der Waals surface area (Å²) in [4.78, 5) is 4.21. The molecule has 18 heavy (non-hydrogen) atoms. The Bertz CT molecular complexity index is 753. The second-order valence-corrected chi connectivity index (χ2v) is 5.33. The van der Waals surface area contributed by atoms with Crippen molar-refractivity contribution in [3.05, 3.63) is 42.1 Å². The van der Waals surface area contributed by atoms with Gasteiger partial charge in [0.25, 0.3) is 0 Å². The van der Waals surface area contributed by atoms with Gasteiger partial charge < -0.3 is 0 Å². The van der Waals surface area contributed by atoms with E-state index in [-0.39, 0.29) is 6.54 Å². The molecule has 0 aliphatic carbocycles.